The van der Waals surface area contributed by atoms with E-state index in [4.69, 9.17) is 9.84 Å². The van der Waals surface area contributed by atoms with Gasteiger partial charge >= 0.3 is 5.97 Å². The van der Waals surface area contributed by atoms with Gasteiger partial charge < -0.3 is 14.9 Å². The molecule has 2 bridgehead atoms. The van der Waals surface area contributed by atoms with Crippen molar-refractivity contribution in [3.05, 3.63) is 35.4 Å². The van der Waals surface area contributed by atoms with Crippen molar-refractivity contribution >= 4 is 5.97 Å². The number of hydrogen-bond donors (Lipinski definition) is 2. The third-order valence-corrected chi connectivity index (χ3v) is 5.11. The zero-order valence-electron chi connectivity index (χ0n) is 12.1. The standard InChI is InChI=1S/C17H22O4/c18-8-3-9-21-17(16(19)20)14-6-7-15(17)11-13-5-2-1-4-12(13)10-14/h1-2,4-5,14-15,18H,3,6-11H2,(H,19,20). The molecule has 0 aromatic heterocycles. The van der Waals surface area contributed by atoms with Gasteiger partial charge in [-0.15, -0.1) is 0 Å². The van der Waals surface area contributed by atoms with Crippen LogP contribution in [0.5, 0.6) is 0 Å². The lowest BCUT2D eigenvalue weighted by Crippen LogP contribution is -2.50. The summed E-state index contributed by atoms with van der Waals surface area (Å²) in [6, 6.07) is 8.26. The number of aliphatic hydroxyl groups excluding tert-OH is 1. The van der Waals surface area contributed by atoms with Crippen molar-refractivity contribution in [1.29, 1.82) is 0 Å². The van der Waals surface area contributed by atoms with Crippen molar-refractivity contribution in [2.24, 2.45) is 11.8 Å². The highest BCUT2D eigenvalue weighted by Gasteiger charge is 2.58. The Hall–Kier alpha value is -1.39. The van der Waals surface area contributed by atoms with Crippen molar-refractivity contribution < 1.29 is 19.7 Å². The van der Waals surface area contributed by atoms with E-state index in [0.717, 1.165) is 25.7 Å². The Morgan fingerprint density at radius 3 is 2.24 bits per heavy atom. The molecule has 21 heavy (non-hydrogen) atoms. The van der Waals surface area contributed by atoms with Crippen LogP contribution in [-0.2, 0) is 22.4 Å². The average molecular weight is 290 g/mol. The molecule has 0 amide bonds. The first-order chi connectivity index (χ1) is 10.2. The fourth-order valence-corrected chi connectivity index (χ4v) is 4.11. The second-order valence-corrected chi connectivity index (χ2v) is 6.17. The van der Waals surface area contributed by atoms with Crippen molar-refractivity contribution in [3.63, 3.8) is 0 Å². The van der Waals surface area contributed by atoms with Crippen molar-refractivity contribution in [3.8, 4) is 0 Å². The van der Waals surface area contributed by atoms with E-state index in [1.807, 2.05) is 12.1 Å². The maximum Gasteiger partial charge on any atom is 0.336 e. The normalized spacial score (nSPS) is 30.7. The summed E-state index contributed by atoms with van der Waals surface area (Å²) in [5.74, 6) is -0.773. The van der Waals surface area contributed by atoms with Crippen LogP contribution in [0.3, 0.4) is 0 Å². The molecule has 1 aromatic carbocycles. The topological polar surface area (TPSA) is 66.8 Å². The van der Waals surface area contributed by atoms with E-state index in [9.17, 15) is 9.90 Å². The minimum atomic E-state index is -1.08. The summed E-state index contributed by atoms with van der Waals surface area (Å²) in [6.45, 7) is 0.345. The molecule has 0 radical (unpaired) electrons. The van der Waals surface area contributed by atoms with E-state index in [-0.39, 0.29) is 18.4 Å². The SMILES string of the molecule is O=C(O)C1(OCCCO)C2CCC1Cc1ccccc1C2. The van der Waals surface area contributed by atoms with E-state index < -0.39 is 11.6 Å². The number of rotatable bonds is 5. The number of aliphatic carboxylic acids is 1. The number of carboxylic acid groups (broad SMARTS) is 1. The molecule has 0 heterocycles. The number of fused-ring (bicyclic) bond motifs is 3. The predicted octanol–water partition coefficient (Wildman–Crippen LogP) is 2.03. The highest BCUT2D eigenvalue weighted by molar-refractivity contribution is 5.79. The highest BCUT2D eigenvalue weighted by Crippen LogP contribution is 2.49. The molecule has 0 saturated heterocycles. The van der Waals surface area contributed by atoms with Crippen molar-refractivity contribution in [1.82, 2.24) is 0 Å². The van der Waals surface area contributed by atoms with Gasteiger partial charge in [0.15, 0.2) is 5.60 Å². The van der Waals surface area contributed by atoms with Crippen LogP contribution in [0.2, 0.25) is 0 Å². The van der Waals surface area contributed by atoms with Gasteiger partial charge in [0.1, 0.15) is 0 Å². The van der Waals surface area contributed by atoms with Crippen LogP contribution in [0.15, 0.2) is 24.3 Å². The quantitative estimate of drug-likeness (QED) is 0.814. The van der Waals surface area contributed by atoms with E-state index in [1.54, 1.807) is 0 Å². The molecular formula is C17H22O4. The summed E-state index contributed by atoms with van der Waals surface area (Å²) >= 11 is 0. The molecular weight excluding hydrogens is 268 g/mol. The van der Waals surface area contributed by atoms with Crippen molar-refractivity contribution in [2.45, 2.75) is 37.7 Å². The van der Waals surface area contributed by atoms with Crippen LogP contribution in [0.1, 0.15) is 30.4 Å². The minimum Gasteiger partial charge on any atom is -0.479 e. The Bertz CT molecular complexity index is 492. The summed E-state index contributed by atoms with van der Waals surface area (Å²) in [4.78, 5) is 12.0. The average Bonchev–Trinajstić information content (AvgIpc) is 2.72. The molecule has 4 heteroatoms. The van der Waals surface area contributed by atoms with Crippen LogP contribution in [0, 0.1) is 11.8 Å². The summed E-state index contributed by atoms with van der Waals surface area (Å²) in [5, 5.41) is 18.8. The number of benzene rings is 1. The second kappa shape index (κ2) is 5.78. The lowest BCUT2D eigenvalue weighted by molar-refractivity contribution is -0.179. The van der Waals surface area contributed by atoms with Crippen LogP contribution in [-0.4, -0.2) is 35.0 Å². The Balaban J connectivity index is 1.93. The van der Waals surface area contributed by atoms with Crippen LogP contribution >= 0.6 is 0 Å². The van der Waals surface area contributed by atoms with E-state index in [1.165, 1.54) is 11.1 Å². The number of aliphatic hydroxyl groups is 1. The highest BCUT2D eigenvalue weighted by atomic mass is 16.5. The van der Waals surface area contributed by atoms with Crippen LogP contribution in [0.4, 0.5) is 0 Å². The number of ether oxygens (including phenoxy) is 1. The largest absolute Gasteiger partial charge is 0.479 e. The molecule has 1 saturated carbocycles. The number of carboxylic acids is 1. The number of hydrogen-bond acceptors (Lipinski definition) is 3. The molecule has 1 aromatic rings. The monoisotopic (exact) mass is 290 g/mol. The van der Waals surface area contributed by atoms with Gasteiger partial charge in [0, 0.05) is 18.4 Å². The third-order valence-electron chi connectivity index (χ3n) is 5.11. The van der Waals surface area contributed by atoms with E-state index in [2.05, 4.69) is 12.1 Å². The summed E-state index contributed by atoms with van der Waals surface area (Å²) in [5.41, 5.74) is 1.45. The molecule has 2 N–H and O–H groups in total. The third kappa shape index (κ3) is 2.36. The molecule has 2 atom stereocenters. The first-order valence-corrected chi connectivity index (χ1v) is 7.73. The smallest absolute Gasteiger partial charge is 0.336 e. The maximum absolute atomic E-state index is 12.0. The first kappa shape index (κ1) is 14.5. The summed E-state index contributed by atoms with van der Waals surface area (Å²) < 4.78 is 5.91. The lowest BCUT2D eigenvalue weighted by atomic mass is 9.82. The van der Waals surface area contributed by atoms with Gasteiger partial charge in [0.05, 0.1) is 6.61 Å². The van der Waals surface area contributed by atoms with Gasteiger partial charge in [-0.1, -0.05) is 24.3 Å². The van der Waals surface area contributed by atoms with Gasteiger partial charge in [0.25, 0.3) is 0 Å². The summed E-state index contributed by atoms with van der Waals surface area (Å²) in [6.07, 6.45) is 3.85. The molecule has 0 aliphatic heterocycles. The number of carbonyl (C=O) groups is 1. The molecule has 114 valence electrons. The first-order valence-electron chi connectivity index (χ1n) is 7.73. The molecule has 1 fully saturated rings. The second-order valence-electron chi connectivity index (χ2n) is 6.17. The molecule has 4 nitrogen and oxygen atoms in total. The van der Waals surface area contributed by atoms with E-state index in [0.29, 0.717) is 13.0 Å². The molecule has 2 aliphatic carbocycles. The van der Waals surface area contributed by atoms with Crippen molar-refractivity contribution in [2.75, 3.05) is 13.2 Å². The fourth-order valence-electron chi connectivity index (χ4n) is 4.11. The Kier molecular flexibility index (Phi) is 4.00. The van der Waals surface area contributed by atoms with Gasteiger partial charge in [-0.2, -0.15) is 0 Å². The lowest BCUT2D eigenvalue weighted by Gasteiger charge is -2.35. The Morgan fingerprint density at radius 1 is 1.19 bits per heavy atom. The van der Waals surface area contributed by atoms with Gasteiger partial charge in [-0.3, -0.25) is 0 Å². The van der Waals surface area contributed by atoms with Gasteiger partial charge in [-0.25, -0.2) is 4.79 Å². The van der Waals surface area contributed by atoms with Gasteiger partial charge in [-0.05, 0) is 43.2 Å². The Labute approximate surface area is 124 Å². The maximum atomic E-state index is 12.0. The molecule has 0 spiro atoms. The van der Waals surface area contributed by atoms with E-state index >= 15 is 0 Å². The summed E-state index contributed by atoms with van der Waals surface area (Å²) in [7, 11) is 0. The zero-order chi connectivity index (χ0) is 14.9. The van der Waals surface area contributed by atoms with Crippen LogP contribution in [0.25, 0.3) is 0 Å². The molecule has 2 unspecified atom stereocenters. The predicted molar refractivity (Wildman–Crippen MR) is 78.1 cm³/mol. The Morgan fingerprint density at radius 2 is 1.76 bits per heavy atom. The minimum absolute atomic E-state index is 0.0299. The zero-order valence-corrected chi connectivity index (χ0v) is 12.1. The molecule has 3 rings (SSSR count). The fraction of sp³-hybridized carbons (Fsp3) is 0.588. The molecule has 2 aliphatic rings. The van der Waals surface area contributed by atoms with Gasteiger partial charge in [0.2, 0.25) is 0 Å². The van der Waals surface area contributed by atoms with Crippen LogP contribution < -0.4 is 0 Å².